The van der Waals surface area contributed by atoms with Gasteiger partial charge in [0.25, 0.3) is 5.91 Å². The fourth-order valence-electron chi connectivity index (χ4n) is 2.67. The number of fused-ring (bicyclic) bond motifs is 1. The van der Waals surface area contributed by atoms with E-state index in [2.05, 4.69) is 4.98 Å². The first-order valence-electron chi connectivity index (χ1n) is 8.47. The lowest BCUT2D eigenvalue weighted by Crippen LogP contribution is -2.45. The van der Waals surface area contributed by atoms with Crippen molar-refractivity contribution < 1.29 is 23.9 Å². The average Bonchev–Trinajstić information content (AvgIpc) is 2.70. The fraction of sp³-hybridized carbons (Fsp3) is 0.333. The molecule has 1 aromatic heterocycles. The first-order chi connectivity index (χ1) is 13.1. The lowest BCUT2D eigenvalue weighted by Gasteiger charge is -2.30. The summed E-state index contributed by atoms with van der Waals surface area (Å²) >= 11 is 0. The van der Waals surface area contributed by atoms with E-state index < -0.39 is 10.7 Å². The first-order valence-corrected chi connectivity index (χ1v) is 8.47. The van der Waals surface area contributed by atoms with Crippen molar-refractivity contribution in [2.24, 2.45) is 0 Å². The minimum atomic E-state index is -0.651. The predicted octanol–water partition coefficient (Wildman–Crippen LogP) is 2.06. The summed E-state index contributed by atoms with van der Waals surface area (Å²) in [5, 5.41) is 11.0. The number of rotatable bonds is 7. The Morgan fingerprint density at radius 2 is 2.11 bits per heavy atom. The van der Waals surface area contributed by atoms with Gasteiger partial charge in [0, 0.05) is 6.54 Å². The van der Waals surface area contributed by atoms with E-state index in [4.69, 9.17) is 14.2 Å². The third-order valence-corrected chi connectivity index (χ3v) is 4.00. The number of hydrogen-bond acceptors (Lipinski definition) is 7. The van der Waals surface area contributed by atoms with Gasteiger partial charge in [0.15, 0.2) is 24.2 Å². The van der Waals surface area contributed by atoms with E-state index >= 15 is 0 Å². The lowest BCUT2D eigenvalue weighted by atomic mass is 10.2. The number of hydrogen-bond donors (Lipinski definition) is 0. The maximum Gasteiger partial charge on any atom is 0.406 e. The molecule has 0 saturated carbocycles. The number of nitrogens with zero attached hydrogens (tertiary/aromatic N) is 3. The van der Waals surface area contributed by atoms with E-state index in [0.29, 0.717) is 31.2 Å². The van der Waals surface area contributed by atoms with E-state index in [-0.39, 0.29) is 24.4 Å². The molecule has 1 aliphatic rings. The number of pyridine rings is 1. The van der Waals surface area contributed by atoms with Gasteiger partial charge in [0.05, 0.1) is 6.54 Å². The van der Waals surface area contributed by atoms with Gasteiger partial charge in [-0.3, -0.25) is 4.79 Å². The van der Waals surface area contributed by atoms with Gasteiger partial charge in [-0.25, -0.2) is 0 Å². The predicted molar refractivity (Wildman–Crippen MR) is 95.0 cm³/mol. The molecule has 2 heterocycles. The highest BCUT2D eigenvalue weighted by Crippen LogP contribution is 2.31. The van der Waals surface area contributed by atoms with Crippen LogP contribution >= 0.6 is 0 Å². The van der Waals surface area contributed by atoms with Crippen LogP contribution in [0.3, 0.4) is 0 Å². The van der Waals surface area contributed by atoms with E-state index in [0.717, 1.165) is 0 Å². The Bertz CT molecular complexity index is 828. The van der Waals surface area contributed by atoms with Gasteiger partial charge in [-0.1, -0.05) is 12.1 Å². The standard InChI is InChI=1S/C18H19N3O6/c1-2-20(10-13-11-25-14-6-3-4-7-15(14)27-13)17(22)12-26-16-8-5-9-19-18(16)21(23)24/h3-9,13H,2,10-12H2,1H3. The maximum absolute atomic E-state index is 12.5. The second-order valence-corrected chi connectivity index (χ2v) is 5.80. The molecule has 0 radical (unpaired) electrons. The summed E-state index contributed by atoms with van der Waals surface area (Å²) in [6, 6.07) is 10.3. The van der Waals surface area contributed by atoms with Crippen molar-refractivity contribution >= 4 is 11.7 Å². The molecule has 0 spiro atoms. The van der Waals surface area contributed by atoms with Gasteiger partial charge < -0.3 is 29.2 Å². The van der Waals surface area contributed by atoms with Crippen LogP contribution in [0.2, 0.25) is 0 Å². The topological polar surface area (TPSA) is 104 Å². The van der Waals surface area contributed by atoms with Crippen LogP contribution in [0.1, 0.15) is 6.92 Å². The molecule has 27 heavy (non-hydrogen) atoms. The average molecular weight is 373 g/mol. The summed E-state index contributed by atoms with van der Waals surface area (Å²) < 4.78 is 16.8. The van der Waals surface area contributed by atoms with E-state index in [1.807, 2.05) is 31.2 Å². The third-order valence-electron chi connectivity index (χ3n) is 4.00. The first kappa shape index (κ1) is 18.4. The summed E-state index contributed by atoms with van der Waals surface area (Å²) in [4.78, 5) is 28.0. The summed E-state index contributed by atoms with van der Waals surface area (Å²) in [6.45, 7) is 2.60. The number of nitro groups is 1. The summed E-state index contributed by atoms with van der Waals surface area (Å²) in [5.41, 5.74) is 0. The van der Waals surface area contributed by atoms with Crippen LogP contribution in [0.25, 0.3) is 0 Å². The van der Waals surface area contributed by atoms with Crippen LogP contribution < -0.4 is 14.2 Å². The number of likely N-dealkylation sites (N-methyl/N-ethyl adjacent to an activating group) is 1. The maximum atomic E-state index is 12.5. The van der Waals surface area contributed by atoms with Crippen LogP contribution in [-0.4, -0.2) is 53.1 Å². The van der Waals surface area contributed by atoms with Crippen LogP contribution in [0.5, 0.6) is 17.2 Å². The molecule has 1 unspecified atom stereocenters. The van der Waals surface area contributed by atoms with Gasteiger partial charge in [0.2, 0.25) is 5.75 Å². The Morgan fingerprint density at radius 1 is 1.33 bits per heavy atom. The molecule has 9 nitrogen and oxygen atoms in total. The normalized spacial score (nSPS) is 15.1. The third kappa shape index (κ3) is 4.43. The van der Waals surface area contributed by atoms with E-state index in [1.165, 1.54) is 18.3 Å². The highest BCUT2D eigenvalue weighted by molar-refractivity contribution is 5.78. The van der Waals surface area contributed by atoms with Gasteiger partial charge in [-0.05, 0) is 41.1 Å². The minimum Gasteiger partial charge on any atom is -0.486 e. The number of amides is 1. The molecule has 0 N–H and O–H groups in total. The largest absolute Gasteiger partial charge is 0.486 e. The van der Waals surface area contributed by atoms with Gasteiger partial charge >= 0.3 is 5.82 Å². The molecule has 2 aromatic rings. The molecule has 0 bridgehead atoms. The van der Waals surface area contributed by atoms with Crippen molar-refractivity contribution in [1.82, 2.24) is 9.88 Å². The fourth-order valence-corrected chi connectivity index (χ4v) is 2.67. The monoisotopic (exact) mass is 373 g/mol. The zero-order valence-corrected chi connectivity index (χ0v) is 14.7. The molecule has 1 amide bonds. The molecule has 3 rings (SSSR count). The molecule has 9 heteroatoms. The number of carbonyl (C=O) groups excluding carboxylic acids is 1. The van der Waals surface area contributed by atoms with Crippen LogP contribution in [-0.2, 0) is 4.79 Å². The molecular formula is C18H19N3O6. The van der Waals surface area contributed by atoms with Crippen LogP contribution in [0, 0.1) is 10.1 Å². The Hall–Kier alpha value is -3.36. The van der Waals surface area contributed by atoms with E-state index in [9.17, 15) is 14.9 Å². The summed E-state index contributed by atoms with van der Waals surface area (Å²) in [5.74, 6) is 0.542. The SMILES string of the molecule is CCN(CC1COc2ccccc2O1)C(=O)COc1cccnc1[N+](=O)[O-]. The molecule has 1 atom stereocenters. The quantitative estimate of drug-likeness (QED) is 0.540. The van der Waals surface area contributed by atoms with Gasteiger partial charge in [0.1, 0.15) is 12.8 Å². The van der Waals surface area contributed by atoms with Crippen molar-refractivity contribution in [1.29, 1.82) is 0 Å². The Morgan fingerprint density at radius 3 is 2.85 bits per heavy atom. The van der Waals surface area contributed by atoms with Crippen molar-refractivity contribution in [3.63, 3.8) is 0 Å². The Balaban J connectivity index is 1.58. The van der Waals surface area contributed by atoms with Crippen molar-refractivity contribution in [3.05, 3.63) is 52.7 Å². The highest BCUT2D eigenvalue weighted by atomic mass is 16.6. The Kier molecular flexibility index (Phi) is 5.70. The van der Waals surface area contributed by atoms with Crippen molar-refractivity contribution in [2.45, 2.75) is 13.0 Å². The van der Waals surface area contributed by atoms with Crippen LogP contribution in [0.4, 0.5) is 5.82 Å². The van der Waals surface area contributed by atoms with Gasteiger partial charge in [-0.15, -0.1) is 0 Å². The summed E-state index contributed by atoms with van der Waals surface area (Å²) in [6.07, 6.45) is 0.986. The van der Waals surface area contributed by atoms with Gasteiger partial charge in [-0.2, -0.15) is 0 Å². The molecule has 1 aromatic carbocycles. The summed E-state index contributed by atoms with van der Waals surface area (Å²) in [7, 11) is 0. The smallest absolute Gasteiger partial charge is 0.406 e. The molecule has 1 aliphatic heterocycles. The van der Waals surface area contributed by atoms with Crippen LogP contribution in [0.15, 0.2) is 42.6 Å². The number of benzene rings is 1. The highest BCUT2D eigenvalue weighted by Gasteiger charge is 2.25. The van der Waals surface area contributed by atoms with E-state index in [1.54, 1.807) is 4.90 Å². The number of carbonyl (C=O) groups is 1. The molecular weight excluding hydrogens is 354 g/mol. The molecule has 142 valence electrons. The Labute approximate surface area is 155 Å². The molecule has 0 aliphatic carbocycles. The zero-order chi connectivity index (χ0) is 19.2. The number of ether oxygens (including phenoxy) is 3. The number of aromatic nitrogens is 1. The minimum absolute atomic E-state index is 0.0434. The second kappa shape index (κ2) is 8.35. The van der Waals surface area contributed by atoms with Crippen molar-refractivity contribution in [2.75, 3.05) is 26.3 Å². The second-order valence-electron chi connectivity index (χ2n) is 5.80. The zero-order valence-electron chi connectivity index (χ0n) is 14.7. The molecule has 0 saturated heterocycles. The lowest BCUT2D eigenvalue weighted by molar-refractivity contribution is -0.390. The molecule has 0 fully saturated rings. The number of para-hydroxylation sites is 2. The van der Waals surface area contributed by atoms with Crippen molar-refractivity contribution in [3.8, 4) is 17.2 Å².